The summed E-state index contributed by atoms with van der Waals surface area (Å²) in [6, 6.07) is 10.8. The molecule has 0 amide bonds. The number of rotatable bonds is 2. The Hall–Kier alpha value is -1.51. The smallest absolute Gasteiger partial charge is 0.191 e. The third-order valence-corrected chi connectivity index (χ3v) is 3.61. The lowest BCUT2D eigenvalue weighted by Gasteiger charge is -2.28. The van der Waals surface area contributed by atoms with E-state index in [0.717, 1.165) is 6.54 Å². The van der Waals surface area contributed by atoms with Crippen LogP contribution in [0.5, 0.6) is 0 Å². The van der Waals surface area contributed by atoms with E-state index in [9.17, 15) is 0 Å². The topological polar surface area (TPSA) is 41.6 Å². The Labute approximate surface area is 110 Å². The van der Waals surface area contributed by atoms with Gasteiger partial charge in [-0.2, -0.15) is 0 Å². The molecule has 0 aromatic heterocycles. The second-order valence-corrected chi connectivity index (χ2v) is 5.05. The molecule has 2 rings (SSSR count). The molecule has 0 aliphatic carbocycles. The van der Waals surface area contributed by atoms with Crippen molar-refractivity contribution in [2.24, 2.45) is 10.7 Å². The second kappa shape index (κ2) is 6.43. The van der Waals surface area contributed by atoms with E-state index in [1.54, 1.807) is 0 Å². The molecule has 3 nitrogen and oxygen atoms in total. The number of likely N-dealkylation sites (tertiary alicyclic amines) is 1. The molecule has 0 radical (unpaired) electrons. The fourth-order valence-corrected chi connectivity index (χ4v) is 2.46. The highest BCUT2D eigenvalue weighted by Crippen LogP contribution is 2.16. The summed E-state index contributed by atoms with van der Waals surface area (Å²) in [6.07, 6.45) is 5.07. The Bertz CT molecular complexity index is 386. The van der Waals surface area contributed by atoms with Gasteiger partial charge in [0.2, 0.25) is 0 Å². The van der Waals surface area contributed by atoms with E-state index in [1.165, 1.54) is 31.2 Å². The maximum atomic E-state index is 6.13. The van der Waals surface area contributed by atoms with Crippen LogP contribution in [0.25, 0.3) is 0 Å². The molecule has 2 N–H and O–H groups in total. The fraction of sp³-hybridized carbons (Fsp3) is 0.533. The maximum absolute atomic E-state index is 6.13. The first-order valence-electron chi connectivity index (χ1n) is 6.88. The third-order valence-electron chi connectivity index (χ3n) is 3.61. The SMILES string of the molecule is CC1CCCCCN1C(N)=NCc1ccccc1. The third kappa shape index (κ3) is 3.49. The van der Waals surface area contributed by atoms with Crippen LogP contribution in [0.3, 0.4) is 0 Å². The van der Waals surface area contributed by atoms with Crippen molar-refractivity contribution in [3.05, 3.63) is 35.9 Å². The molecule has 3 heteroatoms. The van der Waals surface area contributed by atoms with Gasteiger partial charge < -0.3 is 10.6 Å². The van der Waals surface area contributed by atoms with Crippen LogP contribution in [0.4, 0.5) is 0 Å². The number of nitrogens with two attached hydrogens (primary N) is 1. The lowest BCUT2D eigenvalue weighted by molar-refractivity contribution is 0.331. The highest BCUT2D eigenvalue weighted by atomic mass is 15.3. The predicted octanol–water partition coefficient (Wildman–Crippen LogP) is 2.77. The van der Waals surface area contributed by atoms with Crippen molar-refractivity contribution in [2.45, 2.75) is 45.2 Å². The van der Waals surface area contributed by atoms with Crippen LogP contribution in [0.1, 0.15) is 38.2 Å². The molecule has 0 saturated carbocycles. The van der Waals surface area contributed by atoms with Crippen LogP contribution >= 0.6 is 0 Å². The van der Waals surface area contributed by atoms with Crippen LogP contribution in [-0.2, 0) is 6.54 Å². The number of benzene rings is 1. The van der Waals surface area contributed by atoms with Crippen molar-refractivity contribution in [2.75, 3.05) is 6.54 Å². The van der Waals surface area contributed by atoms with E-state index in [0.29, 0.717) is 18.5 Å². The summed E-state index contributed by atoms with van der Waals surface area (Å²) >= 11 is 0. The molecule has 1 aromatic rings. The van der Waals surface area contributed by atoms with Gasteiger partial charge in [0.25, 0.3) is 0 Å². The van der Waals surface area contributed by atoms with Gasteiger partial charge in [-0.25, -0.2) is 4.99 Å². The largest absolute Gasteiger partial charge is 0.370 e. The van der Waals surface area contributed by atoms with Gasteiger partial charge in [-0.15, -0.1) is 0 Å². The van der Waals surface area contributed by atoms with E-state index in [2.05, 4.69) is 28.9 Å². The van der Waals surface area contributed by atoms with Crippen molar-refractivity contribution in [1.29, 1.82) is 0 Å². The van der Waals surface area contributed by atoms with Crippen molar-refractivity contribution >= 4 is 5.96 Å². The molecular weight excluding hydrogens is 222 g/mol. The van der Waals surface area contributed by atoms with Gasteiger partial charge in [0.05, 0.1) is 6.54 Å². The zero-order valence-corrected chi connectivity index (χ0v) is 11.2. The first kappa shape index (κ1) is 12.9. The Kier molecular flexibility index (Phi) is 4.62. The van der Waals surface area contributed by atoms with Crippen molar-refractivity contribution in [3.63, 3.8) is 0 Å². The van der Waals surface area contributed by atoms with Gasteiger partial charge in [-0.05, 0) is 25.3 Å². The van der Waals surface area contributed by atoms with Gasteiger partial charge in [-0.3, -0.25) is 0 Å². The minimum absolute atomic E-state index is 0.520. The molecule has 1 heterocycles. The number of hydrogen-bond acceptors (Lipinski definition) is 1. The Balaban J connectivity index is 1.98. The van der Waals surface area contributed by atoms with E-state index >= 15 is 0 Å². The highest BCUT2D eigenvalue weighted by Gasteiger charge is 2.18. The summed E-state index contributed by atoms with van der Waals surface area (Å²) in [5, 5.41) is 0. The van der Waals surface area contributed by atoms with E-state index < -0.39 is 0 Å². The van der Waals surface area contributed by atoms with Crippen molar-refractivity contribution in [1.82, 2.24) is 4.90 Å². The van der Waals surface area contributed by atoms with E-state index in [4.69, 9.17) is 5.73 Å². The maximum Gasteiger partial charge on any atom is 0.191 e. The summed E-state index contributed by atoms with van der Waals surface area (Å²) in [6.45, 7) is 3.97. The fourth-order valence-electron chi connectivity index (χ4n) is 2.46. The molecule has 1 aliphatic heterocycles. The molecule has 98 valence electrons. The lowest BCUT2D eigenvalue weighted by atomic mass is 10.1. The van der Waals surface area contributed by atoms with Crippen molar-refractivity contribution in [3.8, 4) is 0 Å². The summed E-state index contributed by atoms with van der Waals surface area (Å²) in [4.78, 5) is 6.79. The van der Waals surface area contributed by atoms with E-state index in [-0.39, 0.29) is 0 Å². The molecular formula is C15H23N3. The zero-order chi connectivity index (χ0) is 12.8. The first-order chi connectivity index (χ1) is 8.77. The highest BCUT2D eigenvalue weighted by molar-refractivity contribution is 5.78. The molecule has 0 bridgehead atoms. The Morgan fingerprint density at radius 1 is 1.28 bits per heavy atom. The molecule has 1 aromatic carbocycles. The van der Waals surface area contributed by atoms with Crippen molar-refractivity contribution < 1.29 is 0 Å². The van der Waals surface area contributed by atoms with Gasteiger partial charge in [0, 0.05) is 12.6 Å². The molecule has 1 aliphatic rings. The van der Waals surface area contributed by atoms with Gasteiger partial charge in [-0.1, -0.05) is 43.2 Å². The Morgan fingerprint density at radius 2 is 2.06 bits per heavy atom. The molecule has 1 saturated heterocycles. The average Bonchev–Trinajstić information content (AvgIpc) is 2.62. The summed E-state index contributed by atoms with van der Waals surface area (Å²) < 4.78 is 0. The number of hydrogen-bond donors (Lipinski definition) is 1. The standard InChI is InChI=1S/C15H23N3/c1-13-8-4-3-7-11-18(13)15(16)17-12-14-9-5-2-6-10-14/h2,5-6,9-10,13H,3-4,7-8,11-12H2,1H3,(H2,16,17). The Morgan fingerprint density at radius 3 is 2.83 bits per heavy atom. The minimum atomic E-state index is 0.520. The molecule has 1 atom stereocenters. The monoisotopic (exact) mass is 245 g/mol. The summed E-state index contributed by atoms with van der Waals surface area (Å²) in [5.41, 5.74) is 7.34. The predicted molar refractivity (Wildman–Crippen MR) is 76.4 cm³/mol. The molecule has 0 spiro atoms. The summed E-state index contributed by atoms with van der Waals surface area (Å²) in [5.74, 6) is 0.702. The zero-order valence-electron chi connectivity index (χ0n) is 11.2. The van der Waals surface area contributed by atoms with Gasteiger partial charge in [0.15, 0.2) is 5.96 Å². The van der Waals surface area contributed by atoms with Crippen LogP contribution in [0.2, 0.25) is 0 Å². The van der Waals surface area contributed by atoms with Crippen LogP contribution in [0.15, 0.2) is 35.3 Å². The average molecular weight is 245 g/mol. The molecule has 18 heavy (non-hydrogen) atoms. The quantitative estimate of drug-likeness (QED) is 0.643. The van der Waals surface area contributed by atoms with Crippen LogP contribution < -0.4 is 5.73 Å². The number of nitrogens with zero attached hydrogens (tertiary/aromatic N) is 2. The van der Waals surface area contributed by atoms with Crippen LogP contribution in [0, 0.1) is 0 Å². The summed E-state index contributed by atoms with van der Waals surface area (Å²) in [7, 11) is 0. The second-order valence-electron chi connectivity index (χ2n) is 5.05. The van der Waals surface area contributed by atoms with Gasteiger partial charge >= 0.3 is 0 Å². The normalized spacial score (nSPS) is 21.7. The first-order valence-corrected chi connectivity index (χ1v) is 6.88. The van der Waals surface area contributed by atoms with Crippen LogP contribution in [-0.4, -0.2) is 23.4 Å². The molecule has 1 fully saturated rings. The lowest BCUT2D eigenvalue weighted by Crippen LogP contribution is -2.43. The minimum Gasteiger partial charge on any atom is -0.370 e. The van der Waals surface area contributed by atoms with E-state index in [1.807, 2.05) is 18.2 Å². The number of aliphatic imine (C=N–C) groups is 1. The molecule has 1 unspecified atom stereocenters. The van der Waals surface area contributed by atoms with Gasteiger partial charge in [0.1, 0.15) is 0 Å². The number of guanidine groups is 1.